The van der Waals surface area contributed by atoms with Crippen LogP contribution in [0.5, 0.6) is 5.75 Å². The molecular formula is C24H22F2N2O4S. The highest BCUT2D eigenvalue weighted by molar-refractivity contribution is 7.89. The summed E-state index contributed by atoms with van der Waals surface area (Å²) in [5.74, 6) is -0.297. The third-order valence-electron chi connectivity index (χ3n) is 7.38. The van der Waals surface area contributed by atoms with E-state index in [4.69, 9.17) is 14.3 Å². The van der Waals surface area contributed by atoms with E-state index in [0.717, 1.165) is 12.0 Å². The lowest BCUT2D eigenvalue weighted by molar-refractivity contribution is 0.274. The quantitative estimate of drug-likeness (QED) is 0.610. The van der Waals surface area contributed by atoms with Gasteiger partial charge in [-0.05, 0) is 60.8 Å². The van der Waals surface area contributed by atoms with Gasteiger partial charge >= 0.3 is 0 Å². The third kappa shape index (κ3) is 3.45. The summed E-state index contributed by atoms with van der Waals surface area (Å²) in [5.41, 5.74) is 1.40. The molecule has 2 saturated carbocycles. The molecular weight excluding hydrogens is 450 g/mol. The minimum absolute atomic E-state index is 0.0373. The van der Waals surface area contributed by atoms with Crippen LogP contribution in [0.2, 0.25) is 0 Å². The molecule has 2 N–H and O–H groups in total. The molecule has 0 amide bonds. The topological polar surface area (TPSA) is 95.4 Å². The maximum Gasteiger partial charge on any atom is 0.209 e. The number of hydrogen-bond donors (Lipinski definition) is 1. The second-order valence-electron chi connectivity index (χ2n) is 9.50. The van der Waals surface area contributed by atoms with Crippen LogP contribution in [0.3, 0.4) is 0 Å². The molecule has 0 unspecified atom stereocenters. The van der Waals surface area contributed by atoms with Gasteiger partial charge in [-0.15, -0.1) is 0 Å². The summed E-state index contributed by atoms with van der Waals surface area (Å²) in [6.07, 6.45) is 3.44. The van der Waals surface area contributed by atoms with Crippen LogP contribution >= 0.6 is 0 Å². The fourth-order valence-corrected chi connectivity index (χ4v) is 6.98. The number of oxazole rings is 1. The Morgan fingerprint density at radius 3 is 2.82 bits per heavy atom. The lowest BCUT2D eigenvalue weighted by atomic mass is 9.75. The second-order valence-corrected chi connectivity index (χ2v) is 11.2. The number of benzene rings is 2. The molecule has 2 aromatic carbocycles. The summed E-state index contributed by atoms with van der Waals surface area (Å²) >= 11 is 0. The number of para-hydroxylation sites is 1. The number of nitrogens with zero attached hydrogens (tertiary/aromatic N) is 1. The molecule has 4 atom stereocenters. The first-order valence-electron chi connectivity index (χ1n) is 10.9. The Hall–Kier alpha value is -2.78. The van der Waals surface area contributed by atoms with Crippen molar-refractivity contribution in [3.63, 3.8) is 0 Å². The first kappa shape index (κ1) is 20.8. The van der Waals surface area contributed by atoms with Gasteiger partial charge in [-0.3, -0.25) is 0 Å². The molecule has 1 aromatic heterocycles. The van der Waals surface area contributed by atoms with Crippen LogP contribution in [-0.4, -0.2) is 19.2 Å². The number of nitrogens with two attached hydrogens (primary N) is 1. The van der Waals surface area contributed by atoms with E-state index in [1.54, 1.807) is 18.2 Å². The summed E-state index contributed by atoms with van der Waals surface area (Å²) in [6, 6.07) is 9.23. The monoisotopic (exact) mass is 472 g/mol. The summed E-state index contributed by atoms with van der Waals surface area (Å²) in [6.45, 7) is -0.0382. The van der Waals surface area contributed by atoms with Gasteiger partial charge < -0.3 is 9.15 Å². The van der Waals surface area contributed by atoms with E-state index in [1.165, 1.54) is 24.5 Å². The molecule has 33 heavy (non-hydrogen) atoms. The third-order valence-corrected chi connectivity index (χ3v) is 8.27. The van der Waals surface area contributed by atoms with E-state index in [9.17, 15) is 17.2 Å². The number of fused-ring (bicyclic) bond motifs is 9. The van der Waals surface area contributed by atoms with Crippen molar-refractivity contribution < 1.29 is 26.4 Å². The smallest absolute Gasteiger partial charge is 0.209 e. The molecule has 172 valence electrons. The Morgan fingerprint density at radius 1 is 1.15 bits per heavy atom. The van der Waals surface area contributed by atoms with E-state index in [1.807, 2.05) is 0 Å². The lowest BCUT2D eigenvalue weighted by Crippen LogP contribution is -2.32. The molecule has 3 aromatic rings. The summed E-state index contributed by atoms with van der Waals surface area (Å²) in [4.78, 5) is 4.68. The van der Waals surface area contributed by atoms with E-state index in [-0.39, 0.29) is 41.4 Å². The molecule has 2 heterocycles. The highest BCUT2D eigenvalue weighted by Gasteiger charge is 2.65. The molecule has 4 bridgehead atoms. The van der Waals surface area contributed by atoms with Crippen LogP contribution < -0.4 is 9.88 Å². The molecule has 9 heteroatoms. The molecule has 1 aliphatic heterocycles. The number of hydrogen-bond acceptors (Lipinski definition) is 5. The van der Waals surface area contributed by atoms with Gasteiger partial charge in [0.25, 0.3) is 0 Å². The van der Waals surface area contributed by atoms with Crippen molar-refractivity contribution in [3.05, 3.63) is 71.4 Å². The number of halogens is 2. The number of primary sulfonamides is 1. The van der Waals surface area contributed by atoms with Gasteiger partial charge in [0.2, 0.25) is 15.9 Å². The average Bonchev–Trinajstić information content (AvgIpc) is 3.32. The number of ether oxygens (including phenoxy) is 1. The Kier molecular flexibility index (Phi) is 4.48. The van der Waals surface area contributed by atoms with Crippen LogP contribution in [0, 0.1) is 29.4 Å². The zero-order valence-electron chi connectivity index (χ0n) is 17.6. The van der Waals surface area contributed by atoms with E-state index in [2.05, 4.69) is 4.98 Å². The van der Waals surface area contributed by atoms with E-state index < -0.39 is 27.1 Å². The van der Waals surface area contributed by atoms with Gasteiger partial charge in [0.15, 0.2) is 11.6 Å². The summed E-state index contributed by atoms with van der Waals surface area (Å²) in [5, 5.41) is 5.37. The molecule has 0 saturated heterocycles. The fraction of sp³-hybridized carbons (Fsp3) is 0.375. The van der Waals surface area contributed by atoms with Crippen LogP contribution in [-0.2, 0) is 28.5 Å². The summed E-state index contributed by atoms with van der Waals surface area (Å²) < 4.78 is 64.8. The maximum absolute atomic E-state index is 14.9. The van der Waals surface area contributed by atoms with Crippen molar-refractivity contribution in [3.8, 4) is 16.9 Å². The highest BCUT2D eigenvalue weighted by atomic mass is 32.2. The molecule has 6 nitrogen and oxygen atoms in total. The van der Waals surface area contributed by atoms with Gasteiger partial charge in [0, 0.05) is 11.1 Å². The normalized spacial score (nSPS) is 27.8. The standard InChI is InChI=1S/C24H22F2N2O4S/c25-20-5-4-13-6-18(20)16-2-1-3-21(26)22(16)31-10-15-11-32-23(28-15)24(8-13)9-14(12-33(27,29)30)17-7-19(17)24/h1-6,11,14,17,19H,7-10,12H2,(H2,27,29,30)/t14-,17-,19-,24-/m0/s1. The first-order valence-corrected chi connectivity index (χ1v) is 12.6. The predicted molar refractivity (Wildman–Crippen MR) is 116 cm³/mol. The average molecular weight is 473 g/mol. The van der Waals surface area contributed by atoms with Crippen LogP contribution in [0.25, 0.3) is 11.1 Å². The van der Waals surface area contributed by atoms with E-state index in [0.29, 0.717) is 30.0 Å². The second kappa shape index (κ2) is 7.11. The largest absolute Gasteiger partial charge is 0.483 e. The zero-order chi connectivity index (χ0) is 23.0. The van der Waals surface area contributed by atoms with Crippen molar-refractivity contribution in [2.75, 3.05) is 5.75 Å². The molecule has 2 fully saturated rings. The van der Waals surface area contributed by atoms with Crippen LogP contribution in [0.1, 0.15) is 30.0 Å². The minimum Gasteiger partial charge on any atom is -0.483 e. The predicted octanol–water partition coefficient (Wildman–Crippen LogP) is 3.94. The van der Waals surface area contributed by atoms with Gasteiger partial charge in [0.05, 0.1) is 11.2 Å². The number of sulfonamides is 1. The molecule has 1 spiro atoms. The highest BCUT2D eigenvalue weighted by Crippen LogP contribution is 2.66. The lowest BCUT2D eigenvalue weighted by Gasteiger charge is -2.30. The Labute approximate surface area is 189 Å². The number of rotatable bonds is 2. The van der Waals surface area contributed by atoms with Gasteiger partial charge in [-0.1, -0.05) is 18.2 Å². The molecule has 3 aliphatic rings. The van der Waals surface area contributed by atoms with Crippen LogP contribution in [0.15, 0.2) is 47.1 Å². The first-order chi connectivity index (χ1) is 15.7. The Morgan fingerprint density at radius 2 is 2.00 bits per heavy atom. The maximum atomic E-state index is 14.9. The zero-order valence-corrected chi connectivity index (χ0v) is 18.4. The van der Waals surface area contributed by atoms with Crippen molar-refractivity contribution in [1.82, 2.24) is 4.98 Å². The van der Waals surface area contributed by atoms with Crippen molar-refractivity contribution in [1.29, 1.82) is 0 Å². The Balaban J connectivity index is 1.50. The SMILES string of the molecule is NS(=O)(=O)C[C@@H]1C[C@@]2(Cc3ccc(F)c(c3)-c3cccc(F)c3OCc3coc2n3)[C@H]2C[C@@H]12. The van der Waals surface area contributed by atoms with Gasteiger partial charge in [-0.25, -0.2) is 27.3 Å². The summed E-state index contributed by atoms with van der Waals surface area (Å²) in [7, 11) is -3.62. The van der Waals surface area contributed by atoms with Crippen molar-refractivity contribution in [2.24, 2.45) is 22.9 Å². The molecule has 2 aliphatic carbocycles. The van der Waals surface area contributed by atoms with Gasteiger partial charge in [0.1, 0.15) is 24.4 Å². The van der Waals surface area contributed by atoms with Crippen LogP contribution in [0.4, 0.5) is 8.78 Å². The van der Waals surface area contributed by atoms with Crippen molar-refractivity contribution >= 4 is 10.0 Å². The minimum atomic E-state index is -3.62. The number of aromatic nitrogens is 1. The molecule has 6 rings (SSSR count). The Bertz CT molecular complexity index is 1370. The van der Waals surface area contributed by atoms with Gasteiger partial charge in [-0.2, -0.15) is 0 Å². The molecule has 0 radical (unpaired) electrons. The van der Waals surface area contributed by atoms with Crippen molar-refractivity contribution in [2.45, 2.75) is 31.3 Å². The fourth-order valence-electron chi connectivity index (χ4n) is 6.02. The van der Waals surface area contributed by atoms with E-state index >= 15 is 0 Å².